The number of carbonyl (C=O) groups excluding carboxylic acids is 1. The van der Waals surface area contributed by atoms with E-state index in [9.17, 15) is 9.59 Å². The van der Waals surface area contributed by atoms with Crippen LogP contribution in [0.15, 0.2) is 0 Å². The molecule has 0 rings (SSSR count). The second-order valence-corrected chi connectivity index (χ2v) is 4.21. The van der Waals surface area contributed by atoms with Crippen LogP contribution in [-0.4, -0.2) is 47.7 Å². The molecule has 0 aromatic heterocycles. The molecule has 5 nitrogen and oxygen atoms in total. The Morgan fingerprint density at radius 2 is 1.94 bits per heavy atom. The maximum absolute atomic E-state index is 11.9. The molecule has 0 radical (unpaired) electrons. The molecule has 0 aliphatic heterocycles. The molecule has 0 aromatic carbocycles. The van der Waals surface area contributed by atoms with Gasteiger partial charge in [0.15, 0.2) is 0 Å². The van der Waals surface area contributed by atoms with Crippen LogP contribution in [0.1, 0.15) is 40.0 Å². The lowest BCUT2D eigenvalue weighted by Gasteiger charge is -2.27. The van der Waals surface area contributed by atoms with Gasteiger partial charge in [-0.3, -0.25) is 9.59 Å². The molecule has 0 saturated carbocycles. The Kier molecular flexibility index (Phi) is 7.54. The third-order valence-electron chi connectivity index (χ3n) is 2.83. The van der Waals surface area contributed by atoms with Crippen LogP contribution < -0.4 is 0 Å². The fourth-order valence-electron chi connectivity index (χ4n) is 1.68. The van der Waals surface area contributed by atoms with Gasteiger partial charge < -0.3 is 14.7 Å². The van der Waals surface area contributed by atoms with Crippen molar-refractivity contribution in [2.45, 2.75) is 52.2 Å². The zero-order valence-corrected chi connectivity index (χ0v) is 11.1. The van der Waals surface area contributed by atoms with E-state index < -0.39 is 5.97 Å². The fourth-order valence-corrected chi connectivity index (χ4v) is 1.68. The first-order chi connectivity index (χ1) is 7.92. The predicted octanol–water partition coefficient (Wildman–Crippen LogP) is 1.51. The van der Waals surface area contributed by atoms with Crippen LogP contribution in [0.5, 0.6) is 0 Å². The predicted molar refractivity (Wildman–Crippen MR) is 64.8 cm³/mol. The molecule has 0 bridgehead atoms. The highest BCUT2D eigenvalue weighted by Crippen LogP contribution is 2.09. The molecule has 2 atom stereocenters. The Bertz CT molecular complexity index is 255. The Morgan fingerprint density at radius 1 is 1.35 bits per heavy atom. The molecule has 0 aliphatic rings. The van der Waals surface area contributed by atoms with Gasteiger partial charge in [-0.2, -0.15) is 0 Å². The molecule has 17 heavy (non-hydrogen) atoms. The summed E-state index contributed by atoms with van der Waals surface area (Å²) in [5.74, 6) is -0.890. The van der Waals surface area contributed by atoms with E-state index >= 15 is 0 Å². The molecular weight excluding hydrogens is 222 g/mol. The molecule has 0 spiro atoms. The molecule has 0 aliphatic carbocycles. The molecule has 1 N–H and O–H groups in total. The van der Waals surface area contributed by atoms with Crippen molar-refractivity contribution in [3.8, 4) is 0 Å². The maximum atomic E-state index is 11.9. The minimum absolute atomic E-state index is 0.00912. The highest BCUT2D eigenvalue weighted by molar-refractivity contribution is 5.77. The smallest absolute Gasteiger partial charge is 0.305 e. The number of carboxylic acid groups (broad SMARTS) is 1. The minimum Gasteiger partial charge on any atom is -0.481 e. The Morgan fingerprint density at radius 3 is 2.35 bits per heavy atom. The highest BCUT2D eigenvalue weighted by Gasteiger charge is 2.20. The summed E-state index contributed by atoms with van der Waals surface area (Å²) < 4.78 is 5.07. The molecule has 5 heteroatoms. The lowest BCUT2D eigenvalue weighted by atomic mass is 10.1. The van der Waals surface area contributed by atoms with Gasteiger partial charge in [0.25, 0.3) is 0 Å². The van der Waals surface area contributed by atoms with Gasteiger partial charge in [0.05, 0.1) is 12.5 Å². The third-order valence-corrected chi connectivity index (χ3v) is 2.83. The SMILES string of the molecule is CCN(C(=O)CCC(C)OC)C(C)CC(=O)O. The summed E-state index contributed by atoms with van der Waals surface area (Å²) >= 11 is 0. The summed E-state index contributed by atoms with van der Waals surface area (Å²) in [5.41, 5.74) is 0. The van der Waals surface area contributed by atoms with Gasteiger partial charge in [-0.05, 0) is 27.2 Å². The molecule has 2 unspecified atom stereocenters. The van der Waals surface area contributed by atoms with E-state index in [0.717, 1.165) is 0 Å². The zero-order chi connectivity index (χ0) is 13.4. The van der Waals surface area contributed by atoms with Gasteiger partial charge in [0.2, 0.25) is 5.91 Å². The number of carbonyl (C=O) groups is 2. The molecule has 100 valence electrons. The van der Waals surface area contributed by atoms with E-state index in [1.807, 2.05) is 13.8 Å². The number of amides is 1. The van der Waals surface area contributed by atoms with E-state index in [1.165, 1.54) is 0 Å². The number of methoxy groups -OCH3 is 1. The van der Waals surface area contributed by atoms with Crippen LogP contribution in [0, 0.1) is 0 Å². The molecule has 1 amide bonds. The van der Waals surface area contributed by atoms with Crippen LogP contribution in [-0.2, 0) is 14.3 Å². The van der Waals surface area contributed by atoms with Gasteiger partial charge in [0, 0.05) is 26.1 Å². The number of nitrogens with zero attached hydrogens (tertiary/aromatic N) is 1. The molecule has 0 aromatic rings. The van der Waals surface area contributed by atoms with Crippen LogP contribution in [0.3, 0.4) is 0 Å². The lowest BCUT2D eigenvalue weighted by molar-refractivity contribution is -0.140. The largest absolute Gasteiger partial charge is 0.481 e. The van der Waals surface area contributed by atoms with Crippen molar-refractivity contribution >= 4 is 11.9 Å². The van der Waals surface area contributed by atoms with Gasteiger partial charge in [0.1, 0.15) is 0 Å². The van der Waals surface area contributed by atoms with Gasteiger partial charge in [-0.1, -0.05) is 0 Å². The molecule has 0 fully saturated rings. The maximum Gasteiger partial charge on any atom is 0.305 e. The van der Waals surface area contributed by atoms with Crippen molar-refractivity contribution in [3.63, 3.8) is 0 Å². The van der Waals surface area contributed by atoms with Crippen molar-refractivity contribution in [1.82, 2.24) is 4.90 Å². The summed E-state index contributed by atoms with van der Waals surface area (Å²) in [5, 5.41) is 8.71. The quantitative estimate of drug-likeness (QED) is 0.704. The topological polar surface area (TPSA) is 66.8 Å². The summed E-state index contributed by atoms with van der Waals surface area (Å²) in [6.45, 7) is 6.06. The normalized spacial score (nSPS) is 14.1. The summed E-state index contributed by atoms with van der Waals surface area (Å²) in [4.78, 5) is 24.1. The highest BCUT2D eigenvalue weighted by atomic mass is 16.5. The second-order valence-electron chi connectivity index (χ2n) is 4.21. The molecular formula is C12H23NO4. The number of aliphatic carboxylic acids is 1. The van der Waals surface area contributed by atoms with Crippen molar-refractivity contribution in [1.29, 1.82) is 0 Å². The average molecular weight is 245 g/mol. The number of hydrogen-bond donors (Lipinski definition) is 1. The Hall–Kier alpha value is -1.10. The second kappa shape index (κ2) is 8.06. The first-order valence-corrected chi connectivity index (χ1v) is 5.96. The van der Waals surface area contributed by atoms with Crippen molar-refractivity contribution in [2.24, 2.45) is 0 Å². The van der Waals surface area contributed by atoms with Crippen molar-refractivity contribution in [2.75, 3.05) is 13.7 Å². The molecule has 0 heterocycles. The summed E-state index contributed by atoms with van der Waals surface area (Å²) in [7, 11) is 1.61. The number of rotatable bonds is 8. The van der Waals surface area contributed by atoms with E-state index in [4.69, 9.17) is 9.84 Å². The van der Waals surface area contributed by atoms with E-state index in [1.54, 1.807) is 18.9 Å². The lowest BCUT2D eigenvalue weighted by Crippen LogP contribution is -2.39. The van der Waals surface area contributed by atoms with Gasteiger partial charge in [-0.15, -0.1) is 0 Å². The molecule has 0 saturated heterocycles. The van der Waals surface area contributed by atoms with Crippen LogP contribution in [0.25, 0.3) is 0 Å². The Balaban J connectivity index is 4.24. The minimum atomic E-state index is -0.881. The van der Waals surface area contributed by atoms with Crippen LogP contribution in [0.4, 0.5) is 0 Å². The standard InChI is InChI=1S/C12H23NO4/c1-5-13(9(2)8-12(15)16)11(14)7-6-10(3)17-4/h9-10H,5-8H2,1-4H3,(H,15,16). The monoisotopic (exact) mass is 245 g/mol. The Labute approximate surface area is 103 Å². The van der Waals surface area contributed by atoms with Crippen molar-refractivity contribution in [3.05, 3.63) is 0 Å². The van der Waals surface area contributed by atoms with Crippen molar-refractivity contribution < 1.29 is 19.4 Å². The van der Waals surface area contributed by atoms with Crippen LogP contribution in [0.2, 0.25) is 0 Å². The average Bonchev–Trinajstić information content (AvgIpc) is 2.25. The van der Waals surface area contributed by atoms with E-state index in [0.29, 0.717) is 19.4 Å². The number of hydrogen-bond acceptors (Lipinski definition) is 3. The number of carboxylic acids is 1. The zero-order valence-electron chi connectivity index (χ0n) is 11.1. The van der Waals surface area contributed by atoms with E-state index in [2.05, 4.69) is 0 Å². The third kappa shape index (κ3) is 6.26. The van der Waals surface area contributed by atoms with Gasteiger partial charge in [-0.25, -0.2) is 0 Å². The summed E-state index contributed by atoms with van der Waals surface area (Å²) in [6.07, 6.45) is 1.09. The van der Waals surface area contributed by atoms with E-state index in [-0.39, 0.29) is 24.5 Å². The number of ether oxygens (including phenoxy) is 1. The fraction of sp³-hybridized carbons (Fsp3) is 0.833. The first kappa shape index (κ1) is 15.9. The first-order valence-electron chi connectivity index (χ1n) is 5.96. The van der Waals surface area contributed by atoms with Crippen LogP contribution >= 0.6 is 0 Å². The summed E-state index contributed by atoms with van der Waals surface area (Å²) in [6, 6.07) is -0.261. The van der Waals surface area contributed by atoms with Gasteiger partial charge >= 0.3 is 5.97 Å².